The minimum absolute atomic E-state index is 0.0874. The molecule has 0 saturated carbocycles. The normalized spacial score (nSPS) is 21.1. The van der Waals surface area contributed by atoms with Gasteiger partial charge < -0.3 is 14.4 Å². The summed E-state index contributed by atoms with van der Waals surface area (Å²) in [5, 5.41) is 0. The summed E-state index contributed by atoms with van der Waals surface area (Å²) in [4.78, 5) is 14.7. The molecule has 0 radical (unpaired) electrons. The van der Waals surface area contributed by atoms with Crippen LogP contribution in [0.1, 0.15) is 44.7 Å². The number of carbonyl (C=O) groups excluding carboxylic acids is 1. The highest BCUT2D eigenvalue weighted by molar-refractivity contribution is 5.93. The number of para-hydroxylation sites is 1. The average Bonchev–Trinajstić information content (AvgIpc) is 3.03. The number of carbonyl (C=O) groups is 1. The van der Waals surface area contributed by atoms with Gasteiger partial charge in [-0.15, -0.1) is 0 Å². The van der Waals surface area contributed by atoms with E-state index in [1.807, 2.05) is 30.0 Å². The van der Waals surface area contributed by atoms with E-state index in [0.717, 1.165) is 48.4 Å². The zero-order chi connectivity index (χ0) is 15.5. The molecule has 1 amide bonds. The van der Waals surface area contributed by atoms with Crippen LogP contribution in [0.2, 0.25) is 0 Å². The molecular weight excluding hydrogens is 278 g/mol. The Morgan fingerprint density at radius 1 is 1.36 bits per heavy atom. The number of likely N-dealkylation sites (tertiary alicyclic amines) is 1. The molecule has 0 aromatic heterocycles. The fourth-order valence-electron chi connectivity index (χ4n) is 3.31. The minimum Gasteiger partial charge on any atom is -0.486 e. The Labute approximate surface area is 131 Å². The van der Waals surface area contributed by atoms with E-state index in [4.69, 9.17) is 9.47 Å². The molecule has 22 heavy (non-hydrogen) atoms. The molecule has 0 N–H and O–H groups in total. The van der Waals surface area contributed by atoms with Crippen LogP contribution in [0.25, 0.3) is 0 Å². The Kier molecular flexibility index (Phi) is 4.36. The van der Waals surface area contributed by atoms with Gasteiger partial charge in [0.1, 0.15) is 13.2 Å². The van der Waals surface area contributed by atoms with E-state index in [2.05, 4.69) is 13.0 Å². The summed E-state index contributed by atoms with van der Waals surface area (Å²) in [5.74, 6) is 1.75. The number of rotatable bonds is 3. The van der Waals surface area contributed by atoms with E-state index >= 15 is 0 Å². The maximum Gasteiger partial charge on any atom is 0.249 e. The molecule has 2 aliphatic heterocycles. The average molecular weight is 301 g/mol. The molecule has 2 heterocycles. The first kappa shape index (κ1) is 14.9. The highest BCUT2D eigenvalue weighted by atomic mass is 16.6. The van der Waals surface area contributed by atoms with Crippen LogP contribution in [0.15, 0.2) is 29.8 Å². The second kappa shape index (κ2) is 6.42. The number of benzene rings is 1. The van der Waals surface area contributed by atoms with Crippen molar-refractivity contribution in [2.75, 3.05) is 19.8 Å². The highest BCUT2D eigenvalue weighted by Crippen LogP contribution is 2.43. The van der Waals surface area contributed by atoms with Crippen LogP contribution in [-0.2, 0) is 4.79 Å². The number of ether oxygens (including phenoxy) is 2. The second-order valence-electron chi connectivity index (χ2n) is 5.82. The molecule has 2 aliphatic rings. The second-order valence-corrected chi connectivity index (χ2v) is 5.82. The van der Waals surface area contributed by atoms with Crippen molar-refractivity contribution in [2.24, 2.45) is 0 Å². The quantitative estimate of drug-likeness (QED) is 0.802. The van der Waals surface area contributed by atoms with Crippen LogP contribution < -0.4 is 9.47 Å². The van der Waals surface area contributed by atoms with Gasteiger partial charge in [-0.05, 0) is 32.3 Å². The zero-order valence-electron chi connectivity index (χ0n) is 13.3. The lowest BCUT2D eigenvalue weighted by atomic mass is 10.0. The number of amides is 1. The lowest BCUT2D eigenvalue weighted by Crippen LogP contribution is -2.31. The van der Waals surface area contributed by atoms with E-state index in [9.17, 15) is 4.79 Å². The summed E-state index contributed by atoms with van der Waals surface area (Å²) < 4.78 is 11.5. The van der Waals surface area contributed by atoms with Gasteiger partial charge in [-0.3, -0.25) is 4.79 Å². The van der Waals surface area contributed by atoms with Gasteiger partial charge in [0.15, 0.2) is 11.5 Å². The first-order chi connectivity index (χ1) is 10.7. The monoisotopic (exact) mass is 301 g/mol. The molecule has 1 aromatic carbocycles. The first-order valence-corrected chi connectivity index (χ1v) is 8.08. The fourth-order valence-corrected chi connectivity index (χ4v) is 3.31. The summed E-state index contributed by atoms with van der Waals surface area (Å²) in [6.07, 6.45) is 4.89. The molecule has 1 aromatic rings. The Morgan fingerprint density at radius 3 is 3.00 bits per heavy atom. The number of fused-ring (bicyclic) bond motifs is 1. The molecule has 4 heteroatoms. The topological polar surface area (TPSA) is 38.8 Å². The van der Waals surface area contributed by atoms with E-state index in [1.165, 1.54) is 0 Å². The number of hydrogen-bond donors (Lipinski definition) is 0. The van der Waals surface area contributed by atoms with Gasteiger partial charge in [0.2, 0.25) is 5.91 Å². The van der Waals surface area contributed by atoms with Crippen molar-refractivity contribution in [3.05, 3.63) is 35.4 Å². The van der Waals surface area contributed by atoms with Crippen molar-refractivity contribution in [1.29, 1.82) is 0 Å². The number of allylic oxidation sites excluding steroid dienone is 1. The summed E-state index contributed by atoms with van der Waals surface area (Å²) in [7, 11) is 0. The van der Waals surface area contributed by atoms with Gasteiger partial charge >= 0.3 is 0 Å². The van der Waals surface area contributed by atoms with Crippen molar-refractivity contribution < 1.29 is 14.3 Å². The molecule has 1 fully saturated rings. The lowest BCUT2D eigenvalue weighted by molar-refractivity contribution is -0.128. The first-order valence-electron chi connectivity index (χ1n) is 8.08. The molecule has 4 nitrogen and oxygen atoms in total. The molecule has 0 spiro atoms. The smallest absolute Gasteiger partial charge is 0.249 e. The molecule has 0 bridgehead atoms. The highest BCUT2D eigenvalue weighted by Gasteiger charge is 2.33. The molecule has 1 unspecified atom stereocenters. The van der Waals surface area contributed by atoms with Gasteiger partial charge in [0.25, 0.3) is 0 Å². The molecule has 0 aliphatic carbocycles. The maximum atomic E-state index is 12.7. The van der Waals surface area contributed by atoms with Crippen molar-refractivity contribution >= 4 is 5.91 Å². The van der Waals surface area contributed by atoms with E-state index in [-0.39, 0.29) is 11.9 Å². The van der Waals surface area contributed by atoms with Gasteiger partial charge in [-0.2, -0.15) is 0 Å². The minimum atomic E-state index is 0.0874. The van der Waals surface area contributed by atoms with E-state index in [1.54, 1.807) is 0 Å². The van der Waals surface area contributed by atoms with Gasteiger partial charge in [-0.1, -0.05) is 25.1 Å². The summed E-state index contributed by atoms with van der Waals surface area (Å²) in [6.45, 7) is 5.92. The van der Waals surface area contributed by atoms with Crippen molar-refractivity contribution in [3.63, 3.8) is 0 Å². The standard InChI is InChI=1S/C18H23NO3/c1-3-6-13(2)18(20)19-10-5-8-15(19)14-7-4-9-16-17(14)22-12-11-21-16/h4,6-7,9,15H,3,5,8,10-12H2,1-2H3/b13-6-. The van der Waals surface area contributed by atoms with Gasteiger partial charge in [0.05, 0.1) is 6.04 Å². The largest absolute Gasteiger partial charge is 0.486 e. The summed E-state index contributed by atoms with van der Waals surface area (Å²) in [5.41, 5.74) is 1.91. The maximum absolute atomic E-state index is 12.7. The Balaban J connectivity index is 1.91. The third-order valence-corrected chi connectivity index (χ3v) is 4.32. The van der Waals surface area contributed by atoms with Gasteiger partial charge in [0, 0.05) is 17.7 Å². The molecular formula is C18H23NO3. The van der Waals surface area contributed by atoms with E-state index in [0.29, 0.717) is 13.2 Å². The van der Waals surface area contributed by atoms with Crippen LogP contribution in [-0.4, -0.2) is 30.6 Å². The zero-order valence-corrected chi connectivity index (χ0v) is 13.3. The third-order valence-electron chi connectivity index (χ3n) is 4.32. The summed E-state index contributed by atoms with van der Waals surface area (Å²) >= 11 is 0. The Morgan fingerprint density at radius 2 is 2.18 bits per heavy atom. The predicted octanol–water partition coefficient (Wildman–Crippen LogP) is 3.48. The van der Waals surface area contributed by atoms with Crippen LogP contribution >= 0.6 is 0 Å². The molecule has 1 atom stereocenters. The summed E-state index contributed by atoms with van der Waals surface area (Å²) in [6, 6.07) is 6.06. The lowest BCUT2D eigenvalue weighted by Gasteiger charge is -2.29. The van der Waals surface area contributed by atoms with Gasteiger partial charge in [-0.25, -0.2) is 0 Å². The Hall–Kier alpha value is -1.97. The van der Waals surface area contributed by atoms with Crippen LogP contribution in [0, 0.1) is 0 Å². The SMILES string of the molecule is CC/C=C(/C)C(=O)N1CCCC1c1cccc2c1OCCO2. The Bertz CT molecular complexity index is 594. The van der Waals surface area contributed by atoms with Crippen LogP contribution in [0.4, 0.5) is 0 Å². The number of nitrogens with zero attached hydrogens (tertiary/aromatic N) is 1. The molecule has 1 saturated heterocycles. The van der Waals surface area contributed by atoms with Crippen molar-refractivity contribution in [1.82, 2.24) is 4.90 Å². The molecule has 3 rings (SSSR count). The molecule has 118 valence electrons. The van der Waals surface area contributed by atoms with Crippen LogP contribution in [0.5, 0.6) is 11.5 Å². The van der Waals surface area contributed by atoms with Crippen LogP contribution in [0.3, 0.4) is 0 Å². The van der Waals surface area contributed by atoms with Crippen molar-refractivity contribution in [3.8, 4) is 11.5 Å². The van der Waals surface area contributed by atoms with E-state index < -0.39 is 0 Å². The predicted molar refractivity (Wildman–Crippen MR) is 85.2 cm³/mol. The third kappa shape index (κ3) is 2.70. The fraction of sp³-hybridized carbons (Fsp3) is 0.500. The van der Waals surface area contributed by atoms with Crippen molar-refractivity contribution in [2.45, 2.75) is 39.2 Å². The number of hydrogen-bond acceptors (Lipinski definition) is 3.